The van der Waals surface area contributed by atoms with E-state index in [-0.39, 0.29) is 17.5 Å². The van der Waals surface area contributed by atoms with E-state index in [1.54, 1.807) is 18.2 Å². The molecule has 1 heterocycles. The Balaban J connectivity index is 1.75. The number of amides is 1. The molecule has 0 spiro atoms. The summed E-state index contributed by atoms with van der Waals surface area (Å²) in [5.74, 6) is -0.475. The Morgan fingerprint density at radius 2 is 1.82 bits per heavy atom. The molecule has 178 valence electrons. The van der Waals surface area contributed by atoms with Crippen LogP contribution in [0.3, 0.4) is 0 Å². The van der Waals surface area contributed by atoms with Crippen LogP contribution in [0.1, 0.15) is 49.4 Å². The van der Waals surface area contributed by atoms with E-state index in [0.29, 0.717) is 27.3 Å². The Morgan fingerprint density at radius 3 is 2.50 bits per heavy atom. The number of para-hydroxylation sites is 1. The number of carbonyl (C=O) groups is 2. The number of hydrogen-bond acceptors (Lipinski definition) is 6. The maximum atomic E-state index is 13.5. The van der Waals surface area contributed by atoms with Gasteiger partial charge in [-0.1, -0.05) is 49.2 Å². The van der Waals surface area contributed by atoms with E-state index in [2.05, 4.69) is 0 Å². The minimum atomic E-state index is -0.497. The van der Waals surface area contributed by atoms with E-state index in [1.807, 2.05) is 49.2 Å². The molecule has 8 heteroatoms. The molecule has 0 aliphatic heterocycles. The monoisotopic (exact) mass is 479 g/mol. The average Bonchev–Trinajstić information content (AvgIpc) is 2.88. The van der Waals surface area contributed by atoms with Crippen molar-refractivity contribution in [3.63, 3.8) is 0 Å². The zero-order chi connectivity index (χ0) is 24.2. The summed E-state index contributed by atoms with van der Waals surface area (Å²) in [4.78, 5) is 45.4. The summed E-state index contributed by atoms with van der Waals surface area (Å²) in [7, 11) is 3.18. The number of ether oxygens (including phenoxy) is 1. The van der Waals surface area contributed by atoms with E-state index in [4.69, 9.17) is 9.72 Å². The van der Waals surface area contributed by atoms with E-state index in [9.17, 15) is 14.4 Å². The Labute approximate surface area is 203 Å². The smallest absolute Gasteiger partial charge is 0.337 e. The molecule has 34 heavy (non-hydrogen) atoms. The van der Waals surface area contributed by atoms with Gasteiger partial charge in [-0.25, -0.2) is 9.78 Å². The number of nitrogens with zero attached hydrogens (tertiary/aromatic N) is 3. The molecule has 1 aliphatic rings. The summed E-state index contributed by atoms with van der Waals surface area (Å²) in [5, 5.41) is 0.359. The first kappa shape index (κ1) is 24.0. The third-order valence-corrected chi connectivity index (χ3v) is 7.41. The fraction of sp³-hybridized carbons (Fsp3) is 0.385. The van der Waals surface area contributed by atoms with E-state index < -0.39 is 11.2 Å². The number of fused-ring (bicyclic) bond motifs is 1. The molecule has 1 saturated carbocycles. The fourth-order valence-electron chi connectivity index (χ4n) is 4.44. The second-order valence-electron chi connectivity index (χ2n) is 8.60. The molecule has 2 aromatic carbocycles. The van der Waals surface area contributed by atoms with Crippen molar-refractivity contribution < 1.29 is 14.3 Å². The molecule has 1 unspecified atom stereocenters. The second kappa shape index (κ2) is 10.4. The molecule has 0 N–H and O–H groups in total. The van der Waals surface area contributed by atoms with Crippen LogP contribution in [-0.2, 0) is 9.53 Å². The van der Waals surface area contributed by atoms with Gasteiger partial charge in [0.2, 0.25) is 5.91 Å². The van der Waals surface area contributed by atoms with Crippen molar-refractivity contribution in [2.24, 2.45) is 0 Å². The highest BCUT2D eigenvalue weighted by Gasteiger charge is 2.28. The Morgan fingerprint density at radius 1 is 1.12 bits per heavy atom. The summed E-state index contributed by atoms with van der Waals surface area (Å²) >= 11 is 1.26. The van der Waals surface area contributed by atoms with E-state index in [0.717, 1.165) is 25.7 Å². The molecular weight excluding hydrogens is 450 g/mol. The van der Waals surface area contributed by atoms with Crippen LogP contribution in [0.25, 0.3) is 16.6 Å². The lowest BCUT2D eigenvalue weighted by Gasteiger charge is -2.32. The number of thioether (sulfide) groups is 1. The van der Waals surface area contributed by atoms with Crippen LogP contribution < -0.4 is 5.56 Å². The van der Waals surface area contributed by atoms with Gasteiger partial charge >= 0.3 is 5.97 Å². The SMILES string of the molecule is COC(=O)c1ccc2c(=O)n(-c3ccccc3)c(SC(C)C(=O)N(C)C3CCCCC3)nc2c1. The van der Waals surface area contributed by atoms with Gasteiger partial charge in [0.15, 0.2) is 5.16 Å². The summed E-state index contributed by atoms with van der Waals surface area (Å²) in [6.45, 7) is 1.85. The highest BCUT2D eigenvalue weighted by atomic mass is 32.2. The predicted octanol–water partition coefficient (Wildman–Crippen LogP) is 4.44. The van der Waals surface area contributed by atoms with E-state index >= 15 is 0 Å². The van der Waals surface area contributed by atoms with Gasteiger partial charge in [-0.2, -0.15) is 0 Å². The van der Waals surface area contributed by atoms with Crippen molar-refractivity contribution in [2.75, 3.05) is 14.2 Å². The third kappa shape index (κ3) is 4.87. The van der Waals surface area contributed by atoms with Gasteiger partial charge in [0.25, 0.3) is 5.56 Å². The maximum Gasteiger partial charge on any atom is 0.337 e. The first-order valence-electron chi connectivity index (χ1n) is 11.5. The molecule has 7 nitrogen and oxygen atoms in total. The molecule has 0 saturated heterocycles. The van der Waals surface area contributed by atoms with Crippen molar-refractivity contribution in [1.29, 1.82) is 0 Å². The van der Waals surface area contributed by atoms with Gasteiger partial charge in [0, 0.05) is 13.1 Å². The number of methoxy groups -OCH3 is 1. The number of aromatic nitrogens is 2. The van der Waals surface area contributed by atoms with Crippen molar-refractivity contribution in [3.05, 3.63) is 64.4 Å². The minimum absolute atomic E-state index is 0.0224. The lowest BCUT2D eigenvalue weighted by Crippen LogP contribution is -2.42. The molecule has 1 aromatic heterocycles. The van der Waals surface area contributed by atoms with Crippen LogP contribution in [0.15, 0.2) is 58.5 Å². The first-order valence-corrected chi connectivity index (χ1v) is 12.4. The lowest BCUT2D eigenvalue weighted by molar-refractivity contribution is -0.131. The molecular formula is C26H29N3O4S. The molecule has 4 rings (SSSR count). The van der Waals surface area contributed by atoms with Crippen LogP contribution in [0, 0.1) is 0 Å². The largest absolute Gasteiger partial charge is 0.465 e. The molecule has 0 radical (unpaired) electrons. The molecule has 3 aromatic rings. The predicted molar refractivity (Wildman–Crippen MR) is 134 cm³/mol. The van der Waals surface area contributed by atoms with Crippen molar-refractivity contribution in [3.8, 4) is 5.69 Å². The van der Waals surface area contributed by atoms with Crippen molar-refractivity contribution in [1.82, 2.24) is 14.5 Å². The van der Waals surface area contributed by atoms with Crippen LogP contribution >= 0.6 is 11.8 Å². The summed E-state index contributed by atoms with van der Waals surface area (Å²) < 4.78 is 6.35. The summed E-state index contributed by atoms with van der Waals surface area (Å²) in [5.41, 5.74) is 1.12. The number of hydrogen-bond donors (Lipinski definition) is 0. The van der Waals surface area contributed by atoms with Gasteiger partial charge in [0.05, 0.1) is 34.5 Å². The van der Waals surface area contributed by atoms with Crippen LogP contribution in [-0.4, -0.2) is 51.8 Å². The Hall–Kier alpha value is -3.13. The van der Waals surface area contributed by atoms with Gasteiger partial charge < -0.3 is 9.64 Å². The zero-order valence-electron chi connectivity index (χ0n) is 19.7. The standard InChI is InChI=1S/C26H29N3O4S/c1-17(23(30)28(2)19-10-6-4-7-11-19)34-26-27-22-16-18(25(32)33-3)14-15-21(22)24(31)29(26)20-12-8-5-9-13-20/h5,8-9,12-17,19H,4,6-7,10-11H2,1-3H3. The van der Waals surface area contributed by atoms with Gasteiger partial charge in [0.1, 0.15) is 0 Å². The third-order valence-electron chi connectivity index (χ3n) is 6.37. The summed E-state index contributed by atoms with van der Waals surface area (Å²) in [6, 6.07) is 14.2. The molecule has 1 atom stereocenters. The molecule has 1 aliphatic carbocycles. The molecule has 0 bridgehead atoms. The van der Waals surface area contributed by atoms with Gasteiger partial charge in [-0.05, 0) is 50.1 Å². The fourth-order valence-corrected chi connectivity index (χ4v) is 5.47. The highest BCUT2D eigenvalue weighted by Crippen LogP contribution is 2.28. The molecule has 1 fully saturated rings. The number of esters is 1. The number of benzene rings is 2. The zero-order valence-corrected chi connectivity index (χ0v) is 20.5. The average molecular weight is 480 g/mol. The first-order chi connectivity index (χ1) is 16.4. The van der Waals surface area contributed by atoms with E-state index in [1.165, 1.54) is 29.9 Å². The number of rotatable bonds is 6. The Kier molecular flexibility index (Phi) is 7.36. The van der Waals surface area contributed by atoms with Crippen molar-refractivity contribution in [2.45, 2.75) is 55.5 Å². The number of carbonyl (C=O) groups excluding carboxylic acids is 2. The summed E-state index contributed by atoms with van der Waals surface area (Å²) in [6.07, 6.45) is 5.57. The minimum Gasteiger partial charge on any atom is -0.465 e. The van der Waals surface area contributed by atoms with Crippen LogP contribution in [0.2, 0.25) is 0 Å². The maximum absolute atomic E-state index is 13.5. The van der Waals surface area contributed by atoms with Crippen LogP contribution in [0.5, 0.6) is 0 Å². The van der Waals surface area contributed by atoms with Gasteiger partial charge in [-0.3, -0.25) is 14.2 Å². The van der Waals surface area contributed by atoms with Gasteiger partial charge in [-0.15, -0.1) is 0 Å². The topological polar surface area (TPSA) is 81.5 Å². The second-order valence-corrected chi connectivity index (χ2v) is 9.90. The van der Waals surface area contributed by atoms with Crippen LogP contribution in [0.4, 0.5) is 0 Å². The molecule has 1 amide bonds. The lowest BCUT2D eigenvalue weighted by atomic mass is 9.94. The normalized spacial score (nSPS) is 15.1. The quantitative estimate of drug-likeness (QED) is 0.295. The highest BCUT2D eigenvalue weighted by molar-refractivity contribution is 8.00. The Bertz CT molecular complexity index is 1250. The van der Waals surface area contributed by atoms with Crippen molar-refractivity contribution >= 4 is 34.5 Å².